The van der Waals surface area contributed by atoms with Crippen LogP contribution in [-0.4, -0.2) is 35.4 Å². The first-order chi connectivity index (χ1) is 10.2. The number of hydrogen-bond acceptors (Lipinski definition) is 4. The SMILES string of the molecule is CCCCNC(=O)C1CCN(Cc2csc(CC)n2)CC1. The van der Waals surface area contributed by atoms with E-state index in [0.717, 1.165) is 58.3 Å². The van der Waals surface area contributed by atoms with E-state index < -0.39 is 0 Å². The number of thiazole rings is 1. The third-order valence-electron chi connectivity index (χ3n) is 4.08. The number of nitrogens with one attached hydrogen (secondary N) is 1. The zero-order valence-corrected chi connectivity index (χ0v) is 14.0. The molecule has 0 aliphatic carbocycles. The second-order valence-electron chi connectivity index (χ2n) is 5.78. The highest BCUT2D eigenvalue weighted by atomic mass is 32.1. The van der Waals surface area contributed by atoms with Crippen LogP contribution in [0.1, 0.15) is 50.2 Å². The number of piperidine rings is 1. The number of likely N-dealkylation sites (tertiary alicyclic amines) is 1. The molecule has 1 aromatic heterocycles. The highest BCUT2D eigenvalue weighted by Crippen LogP contribution is 2.20. The summed E-state index contributed by atoms with van der Waals surface area (Å²) in [5.41, 5.74) is 1.18. The second kappa shape index (κ2) is 8.49. The maximum Gasteiger partial charge on any atom is 0.223 e. The van der Waals surface area contributed by atoms with Gasteiger partial charge in [0.1, 0.15) is 0 Å². The van der Waals surface area contributed by atoms with Crippen molar-refractivity contribution in [1.82, 2.24) is 15.2 Å². The standard InChI is InChI=1S/C16H27N3OS/c1-3-5-8-17-16(20)13-6-9-19(10-7-13)11-14-12-21-15(4-2)18-14/h12-13H,3-11H2,1-2H3,(H,17,20). The second-order valence-corrected chi connectivity index (χ2v) is 6.72. The molecular formula is C16H27N3OS. The van der Waals surface area contributed by atoms with E-state index in [9.17, 15) is 4.79 Å². The molecule has 0 spiro atoms. The van der Waals surface area contributed by atoms with E-state index in [2.05, 4.69) is 34.4 Å². The minimum atomic E-state index is 0.208. The van der Waals surface area contributed by atoms with Crippen LogP contribution in [0.25, 0.3) is 0 Å². The molecule has 1 aliphatic heterocycles. The Hall–Kier alpha value is -0.940. The zero-order chi connectivity index (χ0) is 15.1. The Kier molecular flexibility index (Phi) is 6.64. The Bertz CT molecular complexity index is 438. The van der Waals surface area contributed by atoms with Gasteiger partial charge in [0, 0.05) is 24.4 Å². The van der Waals surface area contributed by atoms with Crippen LogP contribution in [0, 0.1) is 5.92 Å². The molecule has 0 saturated carbocycles. The Morgan fingerprint density at radius 3 is 2.81 bits per heavy atom. The van der Waals surface area contributed by atoms with Crippen LogP contribution < -0.4 is 5.32 Å². The highest BCUT2D eigenvalue weighted by molar-refractivity contribution is 7.09. The van der Waals surface area contributed by atoms with E-state index in [4.69, 9.17) is 0 Å². The van der Waals surface area contributed by atoms with Crippen molar-refractivity contribution in [2.45, 2.75) is 52.5 Å². The van der Waals surface area contributed by atoms with E-state index in [0.29, 0.717) is 0 Å². The van der Waals surface area contributed by atoms with Gasteiger partial charge in [0.2, 0.25) is 5.91 Å². The van der Waals surface area contributed by atoms with Gasteiger partial charge in [-0.3, -0.25) is 9.69 Å². The molecule has 2 heterocycles. The molecule has 1 amide bonds. The molecule has 2 rings (SSSR count). The molecule has 1 aliphatic rings. The number of unbranched alkanes of at least 4 members (excludes halogenated alkanes) is 1. The normalized spacial score (nSPS) is 17.0. The number of rotatable bonds is 7. The number of hydrogen-bond donors (Lipinski definition) is 1. The van der Waals surface area contributed by atoms with Crippen molar-refractivity contribution < 1.29 is 4.79 Å². The fourth-order valence-corrected chi connectivity index (χ4v) is 3.43. The summed E-state index contributed by atoms with van der Waals surface area (Å²) in [7, 11) is 0. The van der Waals surface area contributed by atoms with Crippen molar-refractivity contribution in [2.24, 2.45) is 5.92 Å². The van der Waals surface area contributed by atoms with Gasteiger partial charge in [0.15, 0.2) is 0 Å². The molecule has 0 bridgehead atoms. The summed E-state index contributed by atoms with van der Waals surface area (Å²) < 4.78 is 0. The van der Waals surface area contributed by atoms with Crippen molar-refractivity contribution >= 4 is 17.2 Å². The molecule has 5 heteroatoms. The quantitative estimate of drug-likeness (QED) is 0.788. The number of aryl methyl sites for hydroxylation is 1. The van der Waals surface area contributed by atoms with Gasteiger partial charge in [-0.1, -0.05) is 20.3 Å². The van der Waals surface area contributed by atoms with Gasteiger partial charge in [0.05, 0.1) is 10.7 Å². The summed E-state index contributed by atoms with van der Waals surface area (Å²) in [6.07, 6.45) is 5.18. The van der Waals surface area contributed by atoms with Crippen LogP contribution in [0.2, 0.25) is 0 Å². The molecule has 21 heavy (non-hydrogen) atoms. The van der Waals surface area contributed by atoms with Gasteiger partial charge in [-0.05, 0) is 38.8 Å². The minimum Gasteiger partial charge on any atom is -0.356 e. The zero-order valence-electron chi connectivity index (χ0n) is 13.2. The number of carbonyl (C=O) groups is 1. The summed E-state index contributed by atoms with van der Waals surface area (Å²) in [6.45, 7) is 8.06. The molecule has 0 radical (unpaired) electrons. The van der Waals surface area contributed by atoms with E-state index in [1.165, 1.54) is 10.7 Å². The number of aromatic nitrogens is 1. The van der Waals surface area contributed by atoms with Gasteiger partial charge in [-0.25, -0.2) is 4.98 Å². The number of carbonyl (C=O) groups excluding carboxylic acids is 1. The van der Waals surface area contributed by atoms with E-state index in [1.807, 2.05) is 0 Å². The monoisotopic (exact) mass is 309 g/mol. The smallest absolute Gasteiger partial charge is 0.223 e. The van der Waals surface area contributed by atoms with Crippen LogP contribution >= 0.6 is 11.3 Å². The molecule has 0 unspecified atom stereocenters. The summed E-state index contributed by atoms with van der Waals surface area (Å²) in [5, 5.41) is 6.45. The van der Waals surface area contributed by atoms with Crippen LogP contribution in [0.5, 0.6) is 0 Å². The first-order valence-corrected chi connectivity index (χ1v) is 9.04. The third kappa shape index (κ3) is 5.08. The van der Waals surface area contributed by atoms with E-state index >= 15 is 0 Å². The molecule has 1 aromatic rings. The molecule has 1 N–H and O–H groups in total. The minimum absolute atomic E-state index is 0.208. The Labute approximate surface area is 132 Å². The van der Waals surface area contributed by atoms with E-state index in [1.54, 1.807) is 11.3 Å². The van der Waals surface area contributed by atoms with Crippen LogP contribution in [0.15, 0.2) is 5.38 Å². The summed E-state index contributed by atoms with van der Waals surface area (Å²) in [4.78, 5) is 19.1. The fourth-order valence-electron chi connectivity index (χ4n) is 2.70. The lowest BCUT2D eigenvalue weighted by Crippen LogP contribution is -2.40. The summed E-state index contributed by atoms with van der Waals surface area (Å²) in [6, 6.07) is 0. The third-order valence-corrected chi connectivity index (χ3v) is 5.12. The van der Waals surface area contributed by atoms with Crippen molar-refractivity contribution in [3.63, 3.8) is 0 Å². The lowest BCUT2D eigenvalue weighted by molar-refractivity contribution is -0.126. The topological polar surface area (TPSA) is 45.2 Å². The van der Waals surface area contributed by atoms with Gasteiger partial charge < -0.3 is 5.32 Å². The number of nitrogens with zero attached hydrogens (tertiary/aromatic N) is 2. The maximum absolute atomic E-state index is 12.0. The average molecular weight is 309 g/mol. The predicted molar refractivity (Wildman–Crippen MR) is 87.4 cm³/mol. The van der Waals surface area contributed by atoms with E-state index in [-0.39, 0.29) is 11.8 Å². The van der Waals surface area contributed by atoms with Gasteiger partial charge in [-0.15, -0.1) is 11.3 Å². The van der Waals surface area contributed by atoms with Crippen molar-refractivity contribution in [1.29, 1.82) is 0 Å². The summed E-state index contributed by atoms with van der Waals surface area (Å²) in [5.74, 6) is 0.463. The lowest BCUT2D eigenvalue weighted by Gasteiger charge is -2.30. The van der Waals surface area contributed by atoms with Crippen molar-refractivity contribution in [2.75, 3.05) is 19.6 Å². The fraction of sp³-hybridized carbons (Fsp3) is 0.750. The molecule has 4 nitrogen and oxygen atoms in total. The molecule has 118 valence electrons. The molecular weight excluding hydrogens is 282 g/mol. The number of amides is 1. The molecule has 1 fully saturated rings. The van der Waals surface area contributed by atoms with Crippen molar-refractivity contribution in [3.05, 3.63) is 16.1 Å². The first kappa shape index (κ1) is 16.4. The average Bonchev–Trinajstić information content (AvgIpc) is 2.96. The van der Waals surface area contributed by atoms with Gasteiger partial charge in [0.25, 0.3) is 0 Å². The summed E-state index contributed by atoms with van der Waals surface area (Å²) >= 11 is 1.75. The Morgan fingerprint density at radius 2 is 2.19 bits per heavy atom. The van der Waals surface area contributed by atoms with Gasteiger partial charge in [-0.2, -0.15) is 0 Å². The first-order valence-electron chi connectivity index (χ1n) is 8.16. The molecule has 1 saturated heterocycles. The van der Waals surface area contributed by atoms with Gasteiger partial charge >= 0.3 is 0 Å². The Balaban J connectivity index is 1.71. The molecule has 0 aromatic carbocycles. The largest absolute Gasteiger partial charge is 0.356 e. The lowest BCUT2D eigenvalue weighted by atomic mass is 9.96. The van der Waals surface area contributed by atoms with Crippen LogP contribution in [-0.2, 0) is 17.8 Å². The molecule has 0 atom stereocenters. The maximum atomic E-state index is 12.0. The van der Waals surface area contributed by atoms with Crippen LogP contribution in [0.4, 0.5) is 0 Å². The van der Waals surface area contributed by atoms with Crippen molar-refractivity contribution in [3.8, 4) is 0 Å². The van der Waals surface area contributed by atoms with Crippen LogP contribution in [0.3, 0.4) is 0 Å². The highest BCUT2D eigenvalue weighted by Gasteiger charge is 2.24. The Morgan fingerprint density at radius 1 is 1.43 bits per heavy atom. The predicted octanol–water partition coefficient (Wildman–Crippen LogP) is 2.83.